The zero-order chi connectivity index (χ0) is 19.2. The molecule has 0 saturated heterocycles. The highest BCUT2D eigenvalue weighted by molar-refractivity contribution is 7.89. The Kier molecular flexibility index (Phi) is 4.09. The number of amides is 1. The van der Waals surface area contributed by atoms with Gasteiger partial charge < -0.3 is 5.32 Å². The van der Waals surface area contributed by atoms with Crippen molar-refractivity contribution >= 4 is 33.3 Å². The second-order valence-electron chi connectivity index (χ2n) is 6.58. The third kappa shape index (κ3) is 2.93. The zero-order valence-electron chi connectivity index (χ0n) is 14.9. The number of rotatable bonds is 3. The van der Waals surface area contributed by atoms with Crippen molar-refractivity contribution in [1.82, 2.24) is 4.31 Å². The minimum Gasteiger partial charge on any atom is -0.321 e. The van der Waals surface area contributed by atoms with Gasteiger partial charge in [-0.25, -0.2) is 12.7 Å². The van der Waals surface area contributed by atoms with Crippen LogP contribution in [0.25, 0.3) is 22.8 Å². The lowest BCUT2D eigenvalue weighted by Gasteiger charge is -2.12. The van der Waals surface area contributed by atoms with Crippen LogP contribution in [0, 0.1) is 0 Å². The van der Waals surface area contributed by atoms with Crippen molar-refractivity contribution in [3.63, 3.8) is 0 Å². The standard InChI is InChI=1S/C21H18N2O3S/c1-23(2)27(25,26)16-10-11-20-18(13-16)19(21(24)22-20)12-15-9-8-14-6-4-3-5-7-17(14)15/h3-13H,1-2H3,(H,22,24). The Labute approximate surface area is 158 Å². The van der Waals surface area contributed by atoms with Crippen LogP contribution in [0.4, 0.5) is 5.69 Å². The Balaban J connectivity index is 1.85. The largest absolute Gasteiger partial charge is 0.321 e. The summed E-state index contributed by atoms with van der Waals surface area (Å²) in [6.07, 6.45) is 1.82. The topological polar surface area (TPSA) is 66.5 Å². The molecule has 27 heavy (non-hydrogen) atoms. The van der Waals surface area contributed by atoms with Crippen LogP contribution >= 0.6 is 0 Å². The average Bonchev–Trinajstić information content (AvgIpc) is 3.05. The van der Waals surface area contributed by atoms with Crippen LogP contribution in [0.15, 0.2) is 65.6 Å². The number of sulfonamides is 1. The van der Waals surface area contributed by atoms with Crippen molar-refractivity contribution in [3.8, 4) is 11.1 Å². The van der Waals surface area contributed by atoms with E-state index >= 15 is 0 Å². The maximum atomic E-state index is 12.5. The molecule has 1 aliphatic heterocycles. The molecule has 2 aliphatic carbocycles. The van der Waals surface area contributed by atoms with Gasteiger partial charge in [-0.05, 0) is 41.0 Å². The van der Waals surface area contributed by atoms with Crippen LogP contribution in [0.2, 0.25) is 0 Å². The number of carbonyl (C=O) groups is 1. The molecular formula is C21H18N2O3S. The van der Waals surface area contributed by atoms with Crippen molar-refractivity contribution in [2.75, 3.05) is 19.4 Å². The summed E-state index contributed by atoms with van der Waals surface area (Å²) in [4.78, 5) is 12.7. The number of carbonyl (C=O) groups excluding carboxylic acids is 1. The maximum Gasteiger partial charge on any atom is 0.256 e. The van der Waals surface area contributed by atoms with Gasteiger partial charge in [0.2, 0.25) is 10.0 Å². The molecule has 1 heterocycles. The second-order valence-corrected chi connectivity index (χ2v) is 8.73. The zero-order valence-corrected chi connectivity index (χ0v) is 15.7. The van der Waals surface area contributed by atoms with Crippen molar-refractivity contribution in [2.45, 2.75) is 4.90 Å². The van der Waals surface area contributed by atoms with Crippen molar-refractivity contribution in [2.24, 2.45) is 0 Å². The summed E-state index contributed by atoms with van der Waals surface area (Å²) in [5.41, 5.74) is 4.70. The van der Waals surface area contributed by atoms with Crippen LogP contribution < -0.4 is 5.32 Å². The Hall–Kier alpha value is -2.96. The molecule has 0 radical (unpaired) electrons. The monoisotopic (exact) mass is 378 g/mol. The number of nitrogens with one attached hydrogen (secondary N) is 1. The first kappa shape index (κ1) is 17.5. The molecule has 136 valence electrons. The van der Waals surface area contributed by atoms with Gasteiger partial charge in [-0.3, -0.25) is 4.79 Å². The number of hydrogen-bond donors (Lipinski definition) is 1. The van der Waals surface area contributed by atoms with Gasteiger partial charge in [0, 0.05) is 30.9 Å². The molecular weight excluding hydrogens is 360 g/mol. The van der Waals surface area contributed by atoms with Gasteiger partial charge in [0.05, 0.1) is 4.90 Å². The van der Waals surface area contributed by atoms with E-state index in [1.165, 1.54) is 20.2 Å². The van der Waals surface area contributed by atoms with Crippen molar-refractivity contribution in [1.29, 1.82) is 0 Å². The third-order valence-electron chi connectivity index (χ3n) is 4.68. The molecule has 0 saturated carbocycles. The number of benzene rings is 1. The smallest absolute Gasteiger partial charge is 0.256 e. The summed E-state index contributed by atoms with van der Waals surface area (Å²) >= 11 is 0. The SMILES string of the molecule is CN(C)S(=O)(=O)c1ccc2c(c1)C(=Cc1ccc3cccccc1-3)C(=O)N2. The van der Waals surface area contributed by atoms with E-state index in [9.17, 15) is 13.2 Å². The van der Waals surface area contributed by atoms with Gasteiger partial charge in [0.25, 0.3) is 5.91 Å². The maximum absolute atomic E-state index is 12.5. The molecule has 0 fully saturated rings. The van der Waals surface area contributed by atoms with E-state index in [0.717, 1.165) is 21.0 Å². The summed E-state index contributed by atoms with van der Waals surface area (Å²) in [6, 6.07) is 18.6. The van der Waals surface area contributed by atoms with Gasteiger partial charge in [-0.1, -0.05) is 42.5 Å². The summed E-state index contributed by atoms with van der Waals surface area (Å²) in [6.45, 7) is 0. The predicted molar refractivity (Wildman–Crippen MR) is 107 cm³/mol. The Morgan fingerprint density at radius 3 is 2.48 bits per heavy atom. The number of hydrogen-bond acceptors (Lipinski definition) is 3. The molecule has 1 aromatic rings. The van der Waals surface area contributed by atoms with Crippen molar-refractivity contribution < 1.29 is 13.2 Å². The normalized spacial score (nSPS) is 15.4. The van der Waals surface area contributed by atoms with E-state index in [4.69, 9.17) is 0 Å². The highest BCUT2D eigenvalue weighted by Crippen LogP contribution is 2.37. The van der Waals surface area contributed by atoms with Gasteiger partial charge in [0.15, 0.2) is 0 Å². The quantitative estimate of drug-likeness (QED) is 0.709. The van der Waals surface area contributed by atoms with Crippen LogP contribution in [0.3, 0.4) is 0 Å². The Bertz CT molecular complexity index is 1160. The number of anilines is 1. The Morgan fingerprint density at radius 1 is 0.926 bits per heavy atom. The lowest BCUT2D eigenvalue weighted by Crippen LogP contribution is -2.22. The molecule has 0 bridgehead atoms. The van der Waals surface area contributed by atoms with E-state index < -0.39 is 10.0 Å². The molecule has 5 nitrogen and oxygen atoms in total. The molecule has 4 rings (SSSR count). The average molecular weight is 378 g/mol. The second kappa shape index (κ2) is 6.33. The molecule has 0 spiro atoms. The van der Waals surface area contributed by atoms with Crippen LogP contribution in [-0.4, -0.2) is 32.7 Å². The molecule has 0 aromatic heterocycles. The van der Waals surface area contributed by atoms with E-state index in [1.54, 1.807) is 12.1 Å². The van der Waals surface area contributed by atoms with Crippen LogP contribution in [0.5, 0.6) is 0 Å². The van der Waals surface area contributed by atoms with E-state index in [0.29, 0.717) is 16.8 Å². The predicted octanol–water partition coefficient (Wildman–Crippen LogP) is 3.53. The molecule has 3 aliphatic rings. The first-order valence-electron chi connectivity index (χ1n) is 8.46. The molecule has 0 unspecified atom stereocenters. The third-order valence-corrected chi connectivity index (χ3v) is 6.49. The van der Waals surface area contributed by atoms with Crippen LogP contribution in [-0.2, 0) is 14.8 Å². The van der Waals surface area contributed by atoms with Gasteiger partial charge in [-0.15, -0.1) is 0 Å². The van der Waals surface area contributed by atoms with E-state index in [-0.39, 0.29) is 10.8 Å². The summed E-state index contributed by atoms with van der Waals surface area (Å²) < 4.78 is 26.1. The van der Waals surface area contributed by atoms with Gasteiger partial charge >= 0.3 is 0 Å². The number of nitrogens with zero attached hydrogens (tertiary/aromatic N) is 1. The molecule has 0 atom stereocenters. The summed E-state index contributed by atoms with van der Waals surface area (Å²) in [5, 5.41) is 2.81. The molecule has 6 heteroatoms. The van der Waals surface area contributed by atoms with Crippen LogP contribution in [0.1, 0.15) is 11.1 Å². The number of fused-ring (bicyclic) bond motifs is 2. The summed E-state index contributed by atoms with van der Waals surface area (Å²) in [7, 11) is -0.608. The first-order valence-corrected chi connectivity index (χ1v) is 9.90. The van der Waals surface area contributed by atoms with Crippen molar-refractivity contribution in [3.05, 3.63) is 71.8 Å². The first-order chi connectivity index (χ1) is 12.9. The lowest BCUT2D eigenvalue weighted by molar-refractivity contribution is -0.110. The lowest BCUT2D eigenvalue weighted by atomic mass is 10.0. The van der Waals surface area contributed by atoms with Gasteiger partial charge in [0.1, 0.15) is 0 Å². The fraction of sp³-hybridized carbons (Fsp3) is 0.0952. The highest BCUT2D eigenvalue weighted by Gasteiger charge is 2.27. The minimum absolute atomic E-state index is 0.160. The Morgan fingerprint density at radius 2 is 1.70 bits per heavy atom. The minimum atomic E-state index is -3.58. The fourth-order valence-corrected chi connectivity index (χ4v) is 4.13. The molecule has 1 amide bonds. The fourth-order valence-electron chi connectivity index (χ4n) is 3.20. The molecule has 1 N–H and O–H groups in total. The van der Waals surface area contributed by atoms with E-state index in [1.807, 2.05) is 48.5 Å². The highest BCUT2D eigenvalue weighted by atomic mass is 32.2. The summed E-state index contributed by atoms with van der Waals surface area (Å²) in [5.74, 6) is -0.237. The van der Waals surface area contributed by atoms with Gasteiger partial charge in [-0.2, -0.15) is 0 Å². The van der Waals surface area contributed by atoms with E-state index in [2.05, 4.69) is 5.32 Å². The molecule has 1 aromatic carbocycles.